The number of amides is 2. The molecule has 0 aliphatic carbocycles. The topological polar surface area (TPSA) is 67.4 Å². The summed E-state index contributed by atoms with van der Waals surface area (Å²) in [6.07, 6.45) is 1.53. The van der Waals surface area contributed by atoms with Crippen LogP contribution in [0.15, 0.2) is 59.5 Å². The van der Waals surface area contributed by atoms with Gasteiger partial charge in [0, 0.05) is 29.4 Å². The Morgan fingerprint density at radius 3 is 2.37 bits per heavy atom. The molecule has 1 fully saturated rings. The van der Waals surface area contributed by atoms with Crippen molar-refractivity contribution in [1.29, 1.82) is 0 Å². The lowest BCUT2D eigenvalue weighted by atomic mass is 9.99. The molecule has 0 radical (unpaired) electrons. The maximum atomic E-state index is 13.6. The van der Waals surface area contributed by atoms with Crippen LogP contribution in [0.3, 0.4) is 0 Å². The first-order chi connectivity index (χ1) is 13.1. The van der Waals surface area contributed by atoms with E-state index in [-0.39, 0.29) is 10.4 Å². The number of carbonyl (C=O) groups excluding carboxylic acids is 2. The second kappa shape index (κ2) is 9.01. The van der Waals surface area contributed by atoms with Crippen LogP contribution in [0.25, 0.3) is 0 Å². The number of rotatable bonds is 5. The number of anilines is 1. The molecule has 0 unspecified atom stereocenters. The molecule has 7 heteroatoms. The highest BCUT2D eigenvalue weighted by Gasteiger charge is 2.35. The molecule has 0 bridgehead atoms. The Balaban J connectivity index is 1.61. The van der Waals surface area contributed by atoms with Crippen molar-refractivity contribution in [3.05, 3.63) is 60.4 Å². The van der Waals surface area contributed by atoms with Crippen molar-refractivity contribution in [2.45, 2.75) is 22.5 Å². The molecule has 0 spiro atoms. The second-order valence-corrected chi connectivity index (χ2v) is 7.87. The Morgan fingerprint density at radius 1 is 1.00 bits per heavy atom. The molecule has 0 atom stereocenters. The second-order valence-electron chi connectivity index (χ2n) is 6.33. The molecule has 3 rings (SSSR count). The lowest BCUT2D eigenvalue weighted by molar-refractivity contribution is -0.136. The van der Waals surface area contributed by atoms with Crippen LogP contribution in [-0.4, -0.2) is 36.3 Å². The van der Waals surface area contributed by atoms with Crippen LogP contribution < -0.4 is 10.6 Å². The number of hydrogen-bond donors (Lipinski definition) is 2. The summed E-state index contributed by atoms with van der Waals surface area (Å²) >= 11 is 1.69. The number of ether oxygens (including phenoxy) is 1. The van der Waals surface area contributed by atoms with Gasteiger partial charge in [-0.1, -0.05) is 30.3 Å². The SMILES string of the molecule is O=C(NCC1(Sc2ccccc2)CCOCC1)C(=O)Nc1ccccc1F. The molecule has 142 valence electrons. The standard InChI is InChI=1S/C20H21FN2O3S/c21-16-8-4-5-9-17(16)23-19(25)18(24)22-14-20(10-12-26-13-11-20)27-15-6-2-1-3-7-15/h1-9H,10-14H2,(H,22,24)(H,23,25). The Hall–Kier alpha value is -2.38. The molecule has 5 nitrogen and oxygen atoms in total. The molecule has 2 amide bonds. The molecule has 2 aromatic rings. The minimum Gasteiger partial charge on any atom is -0.381 e. The van der Waals surface area contributed by atoms with Gasteiger partial charge in [-0.05, 0) is 37.1 Å². The first-order valence-corrected chi connectivity index (χ1v) is 9.55. The van der Waals surface area contributed by atoms with E-state index in [1.165, 1.54) is 18.2 Å². The molecule has 1 heterocycles. The molecular weight excluding hydrogens is 367 g/mol. The van der Waals surface area contributed by atoms with E-state index >= 15 is 0 Å². The Labute approximate surface area is 161 Å². The van der Waals surface area contributed by atoms with Crippen molar-refractivity contribution in [2.75, 3.05) is 25.1 Å². The highest BCUT2D eigenvalue weighted by Crippen LogP contribution is 2.40. The van der Waals surface area contributed by atoms with E-state index in [9.17, 15) is 14.0 Å². The Morgan fingerprint density at radius 2 is 1.67 bits per heavy atom. The molecule has 1 aliphatic heterocycles. The minimum absolute atomic E-state index is 0.0166. The van der Waals surface area contributed by atoms with E-state index in [0.717, 1.165) is 17.7 Å². The van der Waals surface area contributed by atoms with Crippen molar-refractivity contribution >= 4 is 29.3 Å². The lowest BCUT2D eigenvalue weighted by Gasteiger charge is -2.36. The lowest BCUT2D eigenvalue weighted by Crippen LogP contribution is -2.47. The van der Waals surface area contributed by atoms with Gasteiger partial charge in [0.2, 0.25) is 0 Å². The molecule has 0 aromatic heterocycles. The van der Waals surface area contributed by atoms with Crippen LogP contribution in [0.2, 0.25) is 0 Å². The van der Waals surface area contributed by atoms with Gasteiger partial charge in [-0.2, -0.15) is 0 Å². The van der Waals surface area contributed by atoms with Crippen molar-refractivity contribution in [1.82, 2.24) is 5.32 Å². The molecule has 2 N–H and O–H groups in total. The summed E-state index contributed by atoms with van der Waals surface area (Å²) < 4.78 is 18.8. The molecule has 2 aromatic carbocycles. The van der Waals surface area contributed by atoms with E-state index in [1.54, 1.807) is 17.8 Å². The number of thioether (sulfide) groups is 1. The van der Waals surface area contributed by atoms with E-state index < -0.39 is 17.6 Å². The maximum absolute atomic E-state index is 13.6. The summed E-state index contributed by atoms with van der Waals surface area (Å²) in [7, 11) is 0. The highest BCUT2D eigenvalue weighted by molar-refractivity contribution is 8.00. The number of nitrogens with one attached hydrogen (secondary N) is 2. The van der Waals surface area contributed by atoms with Crippen LogP contribution in [0, 0.1) is 5.82 Å². The van der Waals surface area contributed by atoms with Crippen LogP contribution in [0.4, 0.5) is 10.1 Å². The number of benzene rings is 2. The Kier molecular flexibility index (Phi) is 6.47. The molecule has 1 aliphatic rings. The van der Waals surface area contributed by atoms with Gasteiger partial charge < -0.3 is 15.4 Å². The largest absolute Gasteiger partial charge is 0.381 e. The average Bonchev–Trinajstić information content (AvgIpc) is 2.69. The summed E-state index contributed by atoms with van der Waals surface area (Å²) in [5.41, 5.74) is -0.0166. The quantitative estimate of drug-likeness (QED) is 0.772. The molecule has 1 saturated heterocycles. The molecule has 0 saturated carbocycles. The third kappa shape index (κ3) is 5.30. The van der Waals surface area contributed by atoms with Gasteiger partial charge in [0.25, 0.3) is 0 Å². The fraction of sp³-hybridized carbons (Fsp3) is 0.300. The first kappa shape index (κ1) is 19.4. The predicted molar refractivity (Wildman–Crippen MR) is 103 cm³/mol. The van der Waals surface area contributed by atoms with E-state index in [2.05, 4.69) is 10.6 Å². The Bertz CT molecular complexity index is 795. The van der Waals surface area contributed by atoms with E-state index in [1.807, 2.05) is 30.3 Å². The zero-order chi connectivity index (χ0) is 19.1. The van der Waals surface area contributed by atoms with E-state index in [0.29, 0.717) is 19.8 Å². The van der Waals surface area contributed by atoms with Gasteiger partial charge in [-0.25, -0.2) is 4.39 Å². The highest BCUT2D eigenvalue weighted by atomic mass is 32.2. The maximum Gasteiger partial charge on any atom is 0.313 e. The van der Waals surface area contributed by atoms with Gasteiger partial charge in [-0.3, -0.25) is 9.59 Å². The first-order valence-electron chi connectivity index (χ1n) is 8.74. The van der Waals surface area contributed by atoms with Crippen LogP contribution in [-0.2, 0) is 14.3 Å². The van der Waals surface area contributed by atoms with Crippen molar-refractivity contribution in [3.63, 3.8) is 0 Å². The summed E-state index contributed by atoms with van der Waals surface area (Å²) in [5.74, 6) is -2.25. The zero-order valence-electron chi connectivity index (χ0n) is 14.7. The minimum atomic E-state index is -0.882. The van der Waals surface area contributed by atoms with Crippen LogP contribution in [0.5, 0.6) is 0 Å². The summed E-state index contributed by atoms with van der Waals surface area (Å²) in [5, 5.41) is 5.01. The molecule has 27 heavy (non-hydrogen) atoms. The number of carbonyl (C=O) groups is 2. The summed E-state index contributed by atoms with van der Waals surface area (Å²) in [6.45, 7) is 1.55. The van der Waals surface area contributed by atoms with Gasteiger partial charge in [-0.15, -0.1) is 11.8 Å². The average molecular weight is 388 g/mol. The summed E-state index contributed by atoms with van der Waals surface area (Å²) in [6, 6.07) is 15.7. The fourth-order valence-electron chi connectivity index (χ4n) is 2.86. The summed E-state index contributed by atoms with van der Waals surface area (Å²) in [4.78, 5) is 25.4. The van der Waals surface area contributed by atoms with Crippen molar-refractivity contribution in [3.8, 4) is 0 Å². The van der Waals surface area contributed by atoms with Crippen molar-refractivity contribution < 1.29 is 18.7 Å². The van der Waals surface area contributed by atoms with Crippen LogP contribution in [0.1, 0.15) is 12.8 Å². The van der Waals surface area contributed by atoms with Gasteiger partial charge in [0.1, 0.15) is 5.82 Å². The smallest absolute Gasteiger partial charge is 0.313 e. The normalized spacial score (nSPS) is 15.7. The monoisotopic (exact) mass is 388 g/mol. The zero-order valence-corrected chi connectivity index (χ0v) is 15.6. The van der Waals surface area contributed by atoms with Crippen LogP contribution >= 0.6 is 11.8 Å². The number of halogens is 1. The fourth-order valence-corrected chi connectivity index (χ4v) is 4.17. The van der Waals surface area contributed by atoms with Crippen molar-refractivity contribution in [2.24, 2.45) is 0 Å². The third-order valence-electron chi connectivity index (χ3n) is 4.38. The van der Waals surface area contributed by atoms with E-state index in [4.69, 9.17) is 4.74 Å². The number of para-hydroxylation sites is 1. The van der Waals surface area contributed by atoms with Gasteiger partial charge >= 0.3 is 11.8 Å². The molecular formula is C20H21FN2O3S. The van der Waals surface area contributed by atoms with Gasteiger partial charge in [0.05, 0.1) is 5.69 Å². The van der Waals surface area contributed by atoms with Gasteiger partial charge in [0.15, 0.2) is 0 Å². The number of hydrogen-bond acceptors (Lipinski definition) is 4. The predicted octanol–water partition coefficient (Wildman–Crippen LogP) is 3.22. The third-order valence-corrected chi connectivity index (χ3v) is 5.87.